The molecule has 0 spiro atoms. The molecule has 1 aromatic rings. The number of anilines is 1. The first kappa shape index (κ1) is 15.9. The van der Waals surface area contributed by atoms with Crippen molar-refractivity contribution in [3.63, 3.8) is 0 Å². The van der Waals surface area contributed by atoms with Crippen molar-refractivity contribution in [2.75, 3.05) is 23.7 Å². The van der Waals surface area contributed by atoms with Gasteiger partial charge in [-0.05, 0) is 18.1 Å². The van der Waals surface area contributed by atoms with Crippen LogP contribution in [0.2, 0.25) is 0 Å². The van der Waals surface area contributed by atoms with Gasteiger partial charge < -0.3 is 10.0 Å². The molecule has 2 rings (SSSR count). The molecule has 114 valence electrons. The van der Waals surface area contributed by atoms with Gasteiger partial charge in [0.2, 0.25) is 5.91 Å². The van der Waals surface area contributed by atoms with Gasteiger partial charge in [-0.3, -0.25) is 14.9 Å². The Kier molecular flexibility index (Phi) is 5.25. The van der Waals surface area contributed by atoms with E-state index in [1.54, 1.807) is 16.7 Å². The fourth-order valence-electron chi connectivity index (χ4n) is 2.33. The number of hydrogen-bond acceptors (Lipinski definition) is 4. The highest BCUT2D eigenvalue weighted by molar-refractivity contribution is 7.99. The lowest BCUT2D eigenvalue weighted by atomic mass is 10.1. The van der Waals surface area contributed by atoms with E-state index in [9.17, 15) is 9.59 Å². The monoisotopic (exact) mass is 308 g/mol. The Morgan fingerprint density at radius 2 is 2.10 bits per heavy atom. The molecule has 2 N–H and O–H groups in total. The minimum Gasteiger partial charge on any atom is -0.480 e. The minimum absolute atomic E-state index is 0.0359. The van der Waals surface area contributed by atoms with Gasteiger partial charge in [-0.25, -0.2) is 0 Å². The molecule has 1 unspecified atom stereocenters. The molecule has 0 aliphatic carbocycles. The van der Waals surface area contributed by atoms with Crippen LogP contribution in [0.25, 0.3) is 0 Å². The van der Waals surface area contributed by atoms with Crippen LogP contribution < -0.4 is 10.2 Å². The van der Waals surface area contributed by atoms with Gasteiger partial charge in [-0.1, -0.05) is 26.0 Å². The number of benzene rings is 1. The van der Waals surface area contributed by atoms with Gasteiger partial charge in [0.25, 0.3) is 0 Å². The quantitative estimate of drug-likeness (QED) is 0.868. The molecule has 1 aliphatic rings. The molecule has 6 heteroatoms. The number of fused-ring (bicyclic) bond motifs is 1. The average molecular weight is 308 g/mol. The minimum atomic E-state index is -0.924. The smallest absolute Gasteiger partial charge is 0.320 e. The zero-order valence-electron chi connectivity index (χ0n) is 12.2. The van der Waals surface area contributed by atoms with E-state index in [-0.39, 0.29) is 18.4 Å². The van der Waals surface area contributed by atoms with E-state index in [0.717, 1.165) is 16.3 Å². The third-order valence-corrected chi connectivity index (χ3v) is 4.48. The lowest BCUT2D eigenvalue weighted by Crippen LogP contribution is -2.48. The largest absolute Gasteiger partial charge is 0.480 e. The van der Waals surface area contributed by atoms with Crippen molar-refractivity contribution in [2.45, 2.75) is 24.8 Å². The van der Waals surface area contributed by atoms with E-state index in [4.69, 9.17) is 5.11 Å². The second kappa shape index (κ2) is 6.95. The molecule has 0 radical (unpaired) electrons. The molecule has 1 atom stereocenters. The van der Waals surface area contributed by atoms with Crippen molar-refractivity contribution in [3.05, 3.63) is 24.3 Å². The van der Waals surface area contributed by atoms with Crippen molar-refractivity contribution in [3.8, 4) is 0 Å². The number of nitrogens with one attached hydrogen (secondary N) is 1. The van der Waals surface area contributed by atoms with E-state index in [1.807, 2.05) is 38.1 Å². The Morgan fingerprint density at radius 3 is 2.76 bits per heavy atom. The Hall–Kier alpha value is -1.53. The normalized spacial score (nSPS) is 15.7. The number of nitrogens with zero attached hydrogens (tertiary/aromatic N) is 1. The topological polar surface area (TPSA) is 69.6 Å². The zero-order valence-corrected chi connectivity index (χ0v) is 13.0. The van der Waals surface area contributed by atoms with Crippen LogP contribution in [0.15, 0.2) is 29.2 Å². The Bertz CT molecular complexity index is 533. The maximum absolute atomic E-state index is 12.4. The summed E-state index contributed by atoms with van der Waals surface area (Å²) >= 11 is 1.74. The van der Waals surface area contributed by atoms with Crippen LogP contribution in [0.3, 0.4) is 0 Å². The third kappa shape index (κ3) is 3.77. The fraction of sp³-hybridized carbons (Fsp3) is 0.467. The Labute approximate surface area is 128 Å². The van der Waals surface area contributed by atoms with Gasteiger partial charge >= 0.3 is 5.97 Å². The lowest BCUT2D eigenvalue weighted by molar-refractivity contribution is -0.140. The molecule has 1 aromatic carbocycles. The lowest BCUT2D eigenvalue weighted by Gasteiger charge is -2.29. The number of rotatable bonds is 5. The van der Waals surface area contributed by atoms with Crippen LogP contribution in [-0.4, -0.2) is 41.9 Å². The summed E-state index contributed by atoms with van der Waals surface area (Å²) in [4.78, 5) is 26.3. The van der Waals surface area contributed by atoms with E-state index in [1.165, 1.54) is 0 Å². The zero-order chi connectivity index (χ0) is 15.4. The molecule has 0 saturated carbocycles. The molecular weight excluding hydrogens is 288 g/mol. The predicted octanol–water partition coefficient (Wildman–Crippen LogP) is 1.82. The van der Waals surface area contributed by atoms with Gasteiger partial charge in [0.1, 0.15) is 6.04 Å². The molecule has 21 heavy (non-hydrogen) atoms. The Balaban J connectivity index is 2.03. The maximum Gasteiger partial charge on any atom is 0.320 e. The van der Waals surface area contributed by atoms with Crippen LogP contribution in [0, 0.1) is 5.92 Å². The van der Waals surface area contributed by atoms with Crippen LogP contribution in [-0.2, 0) is 9.59 Å². The first-order valence-corrected chi connectivity index (χ1v) is 7.97. The highest BCUT2D eigenvalue weighted by Gasteiger charge is 2.25. The summed E-state index contributed by atoms with van der Waals surface area (Å²) in [6.07, 6.45) is 0. The first-order valence-electron chi connectivity index (χ1n) is 6.99. The van der Waals surface area contributed by atoms with Crippen LogP contribution in [0.1, 0.15) is 13.8 Å². The molecule has 1 aliphatic heterocycles. The molecule has 5 nitrogen and oxygen atoms in total. The number of thioether (sulfide) groups is 1. The number of carbonyl (C=O) groups is 2. The number of aliphatic carboxylic acids is 1. The summed E-state index contributed by atoms with van der Waals surface area (Å²) in [6.45, 7) is 4.34. The van der Waals surface area contributed by atoms with Crippen molar-refractivity contribution >= 4 is 29.3 Å². The molecule has 0 bridgehead atoms. The standard InChI is InChI=1S/C15H20N2O3S/c1-10(2)14(15(19)20)16-9-13(18)17-7-8-21-12-6-4-3-5-11(12)17/h3-6,10,14,16H,7-9H2,1-2H3,(H,19,20). The molecule has 0 fully saturated rings. The maximum atomic E-state index is 12.4. The van der Waals surface area contributed by atoms with E-state index in [0.29, 0.717) is 6.54 Å². The summed E-state index contributed by atoms with van der Waals surface area (Å²) in [5.74, 6) is -0.225. The molecule has 1 heterocycles. The van der Waals surface area contributed by atoms with E-state index < -0.39 is 12.0 Å². The summed E-state index contributed by atoms with van der Waals surface area (Å²) < 4.78 is 0. The summed E-state index contributed by atoms with van der Waals surface area (Å²) in [7, 11) is 0. The number of carboxylic acid groups (broad SMARTS) is 1. The predicted molar refractivity (Wildman–Crippen MR) is 83.8 cm³/mol. The molecular formula is C15H20N2O3S. The first-order chi connectivity index (χ1) is 10.0. The molecule has 0 saturated heterocycles. The van der Waals surface area contributed by atoms with Crippen LogP contribution in [0.4, 0.5) is 5.69 Å². The van der Waals surface area contributed by atoms with Crippen LogP contribution >= 0.6 is 11.8 Å². The van der Waals surface area contributed by atoms with Gasteiger partial charge in [0, 0.05) is 17.2 Å². The highest BCUT2D eigenvalue weighted by atomic mass is 32.2. The van der Waals surface area contributed by atoms with Crippen molar-refractivity contribution in [1.29, 1.82) is 0 Å². The number of para-hydroxylation sites is 1. The number of carbonyl (C=O) groups excluding carboxylic acids is 1. The summed E-state index contributed by atoms with van der Waals surface area (Å²) in [5.41, 5.74) is 0.914. The van der Waals surface area contributed by atoms with Gasteiger partial charge in [0.15, 0.2) is 0 Å². The van der Waals surface area contributed by atoms with Gasteiger partial charge in [-0.15, -0.1) is 11.8 Å². The fourth-order valence-corrected chi connectivity index (χ4v) is 3.32. The summed E-state index contributed by atoms with van der Waals surface area (Å²) in [5, 5.41) is 12.0. The van der Waals surface area contributed by atoms with Crippen LogP contribution in [0.5, 0.6) is 0 Å². The highest BCUT2D eigenvalue weighted by Crippen LogP contribution is 2.34. The second-order valence-electron chi connectivity index (χ2n) is 5.30. The number of amides is 1. The second-order valence-corrected chi connectivity index (χ2v) is 6.44. The SMILES string of the molecule is CC(C)C(NCC(=O)N1CCSc2ccccc21)C(=O)O. The van der Waals surface area contributed by atoms with E-state index in [2.05, 4.69) is 5.32 Å². The number of carboxylic acids is 1. The molecule has 1 amide bonds. The third-order valence-electron chi connectivity index (χ3n) is 3.44. The van der Waals surface area contributed by atoms with Crippen molar-refractivity contribution < 1.29 is 14.7 Å². The van der Waals surface area contributed by atoms with Gasteiger partial charge in [-0.2, -0.15) is 0 Å². The van der Waals surface area contributed by atoms with Crippen molar-refractivity contribution in [1.82, 2.24) is 5.32 Å². The average Bonchev–Trinajstić information content (AvgIpc) is 2.46. The Morgan fingerprint density at radius 1 is 1.38 bits per heavy atom. The van der Waals surface area contributed by atoms with Gasteiger partial charge in [0.05, 0.1) is 12.2 Å². The number of hydrogen-bond donors (Lipinski definition) is 2. The summed E-state index contributed by atoms with van der Waals surface area (Å²) in [6, 6.07) is 7.09. The van der Waals surface area contributed by atoms with E-state index >= 15 is 0 Å². The molecule has 0 aromatic heterocycles. The van der Waals surface area contributed by atoms with Crippen molar-refractivity contribution in [2.24, 2.45) is 5.92 Å².